The van der Waals surface area contributed by atoms with Gasteiger partial charge in [0.15, 0.2) is 0 Å². The van der Waals surface area contributed by atoms with Gasteiger partial charge in [0, 0.05) is 18.2 Å². The van der Waals surface area contributed by atoms with Crippen LogP contribution in [0.1, 0.15) is 39.0 Å². The molecule has 4 heteroatoms. The largest absolute Gasteiger partial charge is 0.492 e. The lowest BCUT2D eigenvalue weighted by atomic mass is 9.93. The first-order valence-corrected chi connectivity index (χ1v) is 8.20. The molecular formula is C17H25FN2O. The Labute approximate surface area is 126 Å². The van der Waals surface area contributed by atoms with Gasteiger partial charge in [0.25, 0.3) is 0 Å². The lowest BCUT2D eigenvalue weighted by Crippen LogP contribution is -2.38. The van der Waals surface area contributed by atoms with Gasteiger partial charge in [0.1, 0.15) is 11.6 Å². The summed E-state index contributed by atoms with van der Waals surface area (Å²) in [6.07, 6.45) is 6.30. The average molecular weight is 292 g/mol. The molecule has 1 heterocycles. The maximum absolute atomic E-state index is 13.4. The van der Waals surface area contributed by atoms with Crippen molar-refractivity contribution in [3.8, 4) is 5.75 Å². The fraction of sp³-hybridized carbons (Fsp3) is 0.647. The topological polar surface area (TPSA) is 33.3 Å². The Kier molecular flexibility index (Phi) is 4.63. The Bertz CT molecular complexity index is 474. The van der Waals surface area contributed by atoms with E-state index in [1.807, 2.05) is 6.92 Å². The Morgan fingerprint density at radius 2 is 2.19 bits per heavy atom. The van der Waals surface area contributed by atoms with E-state index in [1.54, 1.807) is 6.07 Å². The molecule has 2 aliphatic rings. The lowest BCUT2D eigenvalue weighted by molar-refractivity contribution is 0.337. The Balaban J connectivity index is 1.72. The molecule has 3 nitrogen and oxygen atoms in total. The van der Waals surface area contributed by atoms with Crippen molar-refractivity contribution in [1.82, 2.24) is 5.32 Å². The Hall–Kier alpha value is -1.29. The molecule has 3 atom stereocenters. The molecule has 1 aromatic rings. The van der Waals surface area contributed by atoms with Crippen LogP contribution in [0.2, 0.25) is 0 Å². The molecule has 116 valence electrons. The molecule has 0 spiro atoms. The van der Waals surface area contributed by atoms with Crippen molar-refractivity contribution in [3.63, 3.8) is 0 Å². The second-order valence-electron chi connectivity index (χ2n) is 6.12. The second-order valence-corrected chi connectivity index (χ2v) is 6.12. The predicted molar refractivity (Wildman–Crippen MR) is 83.3 cm³/mol. The van der Waals surface area contributed by atoms with E-state index in [0.717, 1.165) is 12.2 Å². The van der Waals surface area contributed by atoms with E-state index in [1.165, 1.54) is 44.2 Å². The SMILES string of the molecule is CCOc1cc(F)ccc1NC1CCCC1C1CCCN1. The summed E-state index contributed by atoms with van der Waals surface area (Å²) in [5, 5.41) is 7.25. The zero-order chi connectivity index (χ0) is 14.7. The van der Waals surface area contributed by atoms with E-state index < -0.39 is 0 Å². The summed E-state index contributed by atoms with van der Waals surface area (Å²) in [6.45, 7) is 3.63. The standard InChI is InChI=1S/C17H25FN2O/c1-2-21-17-11-12(18)8-9-16(17)20-15-6-3-5-13(15)14-7-4-10-19-14/h8-9,11,13-15,19-20H,2-7,10H2,1H3. The first-order valence-electron chi connectivity index (χ1n) is 8.20. The van der Waals surface area contributed by atoms with Crippen molar-refractivity contribution in [2.24, 2.45) is 5.92 Å². The summed E-state index contributed by atoms with van der Waals surface area (Å²) >= 11 is 0. The van der Waals surface area contributed by atoms with Gasteiger partial charge in [-0.3, -0.25) is 0 Å². The van der Waals surface area contributed by atoms with Gasteiger partial charge in [0.2, 0.25) is 0 Å². The quantitative estimate of drug-likeness (QED) is 0.870. The third kappa shape index (κ3) is 3.31. The molecule has 0 bridgehead atoms. The zero-order valence-electron chi connectivity index (χ0n) is 12.7. The molecule has 1 saturated heterocycles. The van der Waals surface area contributed by atoms with Gasteiger partial charge < -0.3 is 15.4 Å². The average Bonchev–Trinajstić information content (AvgIpc) is 3.13. The molecule has 0 amide bonds. The molecule has 2 fully saturated rings. The van der Waals surface area contributed by atoms with E-state index in [9.17, 15) is 4.39 Å². The minimum Gasteiger partial charge on any atom is -0.492 e. The van der Waals surface area contributed by atoms with Gasteiger partial charge >= 0.3 is 0 Å². The summed E-state index contributed by atoms with van der Waals surface area (Å²) in [5.74, 6) is 1.05. The first kappa shape index (κ1) is 14.6. The van der Waals surface area contributed by atoms with Gasteiger partial charge in [-0.25, -0.2) is 4.39 Å². The van der Waals surface area contributed by atoms with Crippen LogP contribution in [0.4, 0.5) is 10.1 Å². The van der Waals surface area contributed by atoms with Gasteiger partial charge in [-0.1, -0.05) is 6.42 Å². The highest BCUT2D eigenvalue weighted by atomic mass is 19.1. The Morgan fingerprint density at radius 3 is 2.95 bits per heavy atom. The summed E-state index contributed by atoms with van der Waals surface area (Å²) in [7, 11) is 0. The number of ether oxygens (including phenoxy) is 1. The molecule has 2 N–H and O–H groups in total. The summed E-state index contributed by atoms with van der Waals surface area (Å²) in [4.78, 5) is 0. The number of anilines is 1. The monoisotopic (exact) mass is 292 g/mol. The van der Waals surface area contributed by atoms with Crippen LogP contribution in [0.15, 0.2) is 18.2 Å². The second kappa shape index (κ2) is 6.65. The van der Waals surface area contributed by atoms with E-state index in [2.05, 4.69) is 10.6 Å². The van der Waals surface area contributed by atoms with Crippen molar-refractivity contribution in [2.45, 2.75) is 51.1 Å². The van der Waals surface area contributed by atoms with Crippen LogP contribution in [0.3, 0.4) is 0 Å². The molecule has 3 rings (SSSR count). The van der Waals surface area contributed by atoms with Crippen molar-refractivity contribution in [3.05, 3.63) is 24.0 Å². The number of halogens is 1. The van der Waals surface area contributed by atoms with Gasteiger partial charge in [0.05, 0.1) is 12.3 Å². The first-order chi connectivity index (χ1) is 10.3. The van der Waals surface area contributed by atoms with Gasteiger partial charge in [-0.05, 0) is 57.2 Å². The van der Waals surface area contributed by atoms with Crippen LogP contribution < -0.4 is 15.4 Å². The lowest BCUT2D eigenvalue weighted by Gasteiger charge is -2.28. The predicted octanol–water partition coefficient (Wildman–Crippen LogP) is 3.56. The van der Waals surface area contributed by atoms with Gasteiger partial charge in [-0.15, -0.1) is 0 Å². The zero-order valence-corrected chi connectivity index (χ0v) is 12.7. The van der Waals surface area contributed by atoms with Crippen LogP contribution in [0, 0.1) is 11.7 Å². The van der Waals surface area contributed by atoms with E-state index >= 15 is 0 Å². The fourth-order valence-corrected chi connectivity index (χ4v) is 3.82. The van der Waals surface area contributed by atoms with Crippen LogP contribution in [-0.2, 0) is 0 Å². The third-order valence-corrected chi connectivity index (χ3v) is 4.77. The molecular weight excluding hydrogens is 267 g/mol. The van der Waals surface area contributed by atoms with Crippen LogP contribution in [-0.4, -0.2) is 25.2 Å². The fourth-order valence-electron chi connectivity index (χ4n) is 3.82. The number of hydrogen-bond acceptors (Lipinski definition) is 3. The number of hydrogen-bond donors (Lipinski definition) is 2. The summed E-state index contributed by atoms with van der Waals surface area (Å²) in [5.41, 5.74) is 0.924. The van der Waals surface area contributed by atoms with Crippen molar-refractivity contribution in [2.75, 3.05) is 18.5 Å². The molecule has 1 aliphatic carbocycles. The summed E-state index contributed by atoms with van der Waals surface area (Å²) in [6, 6.07) is 5.88. The Morgan fingerprint density at radius 1 is 1.29 bits per heavy atom. The minimum atomic E-state index is -0.246. The normalized spacial score (nSPS) is 28.8. The minimum absolute atomic E-state index is 0.246. The highest BCUT2D eigenvalue weighted by Crippen LogP contribution is 2.36. The van der Waals surface area contributed by atoms with E-state index in [0.29, 0.717) is 30.4 Å². The van der Waals surface area contributed by atoms with Crippen molar-refractivity contribution >= 4 is 5.69 Å². The number of benzene rings is 1. The van der Waals surface area contributed by atoms with Crippen LogP contribution >= 0.6 is 0 Å². The van der Waals surface area contributed by atoms with E-state index in [4.69, 9.17) is 4.74 Å². The molecule has 0 radical (unpaired) electrons. The van der Waals surface area contributed by atoms with Crippen LogP contribution in [0.25, 0.3) is 0 Å². The molecule has 1 aliphatic heterocycles. The summed E-state index contributed by atoms with van der Waals surface area (Å²) < 4.78 is 19.0. The van der Waals surface area contributed by atoms with Crippen molar-refractivity contribution in [1.29, 1.82) is 0 Å². The third-order valence-electron chi connectivity index (χ3n) is 4.77. The highest BCUT2D eigenvalue weighted by Gasteiger charge is 2.35. The van der Waals surface area contributed by atoms with Gasteiger partial charge in [-0.2, -0.15) is 0 Å². The highest BCUT2D eigenvalue weighted by molar-refractivity contribution is 5.57. The maximum Gasteiger partial charge on any atom is 0.145 e. The van der Waals surface area contributed by atoms with Crippen molar-refractivity contribution < 1.29 is 9.13 Å². The number of nitrogens with one attached hydrogen (secondary N) is 2. The molecule has 3 unspecified atom stereocenters. The number of rotatable bonds is 5. The molecule has 1 aromatic carbocycles. The maximum atomic E-state index is 13.4. The molecule has 0 aromatic heterocycles. The molecule has 21 heavy (non-hydrogen) atoms. The van der Waals surface area contributed by atoms with Crippen LogP contribution in [0.5, 0.6) is 5.75 Å². The van der Waals surface area contributed by atoms with E-state index in [-0.39, 0.29) is 5.82 Å². The smallest absolute Gasteiger partial charge is 0.145 e. The molecule has 1 saturated carbocycles.